The molecule has 0 bridgehead atoms. The van der Waals surface area contributed by atoms with Crippen molar-refractivity contribution < 1.29 is 35.9 Å². The Bertz CT molecular complexity index is 2660. The second-order valence-corrected chi connectivity index (χ2v) is 20.6. The molecule has 4 aromatic carbocycles. The molecule has 0 spiro atoms. The average Bonchev–Trinajstić information content (AvgIpc) is 3.32. The fraction of sp³-hybridized carbons (Fsp3) is 0.308. The molecule has 2 aliphatic rings. The first kappa shape index (κ1) is 46.0. The van der Waals surface area contributed by atoms with Gasteiger partial charge in [-0.05, 0) is 184 Å². The van der Waals surface area contributed by atoms with Crippen LogP contribution in [0.5, 0.6) is 0 Å². The Morgan fingerprint density at radius 1 is 0.547 bits per heavy atom. The minimum absolute atomic E-state index is 0.320. The summed E-state index contributed by atoms with van der Waals surface area (Å²) in [6.07, 6.45) is 15.7. The van der Waals surface area contributed by atoms with Gasteiger partial charge in [0, 0.05) is 24.8 Å². The van der Waals surface area contributed by atoms with E-state index in [4.69, 9.17) is 9.47 Å². The summed E-state index contributed by atoms with van der Waals surface area (Å²) in [6.45, 7) is 3.88. The van der Waals surface area contributed by atoms with E-state index in [-0.39, 0.29) is 11.9 Å². The van der Waals surface area contributed by atoms with Gasteiger partial charge in [-0.15, -0.1) is 0 Å². The smallest absolute Gasteiger partial charge is 0.338 e. The van der Waals surface area contributed by atoms with Crippen LogP contribution in [0.3, 0.4) is 0 Å². The molecule has 2 aliphatic carbocycles. The largest absolute Gasteiger partial charge is 0.465 e. The number of esters is 2. The third-order valence-electron chi connectivity index (χ3n) is 12.5. The van der Waals surface area contributed by atoms with E-state index in [0.29, 0.717) is 55.4 Å². The van der Waals surface area contributed by atoms with Gasteiger partial charge in [-0.3, -0.25) is 9.97 Å². The summed E-state index contributed by atoms with van der Waals surface area (Å²) >= 11 is 0. The molecule has 0 aliphatic heterocycles. The zero-order valence-corrected chi connectivity index (χ0v) is 38.4. The summed E-state index contributed by atoms with van der Waals surface area (Å²) in [6, 6.07) is 28.5. The fourth-order valence-corrected chi connectivity index (χ4v) is 11.6. The number of pyridine rings is 2. The predicted octanol–water partition coefficient (Wildman–Crippen LogP) is 10.1. The van der Waals surface area contributed by atoms with Crippen molar-refractivity contribution in [1.29, 1.82) is 0 Å². The highest BCUT2D eigenvalue weighted by molar-refractivity contribution is 7.91. The van der Waals surface area contributed by atoms with Gasteiger partial charge in [0.05, 0.1) is 44.9 Å². The second kappa shape index (κ2) is 20.2. The monoisotopic (exact) mass is 898 g/mol. The SMILES string of the molecule is COC(=O)c1ccncc1CC[C@@H]1CCCc2cc(S(=O)(=O)c3ccc(C)cc3)ccc21.COC(=O)c1ccncc1CC[C@H]1CCCc2cc(S(=O)(=O)c3ccc(C)cc3)ccc21. The van der Waals surface area contributed by atoms with Crippen LogP contribution in [0.1, 0.15) is 116 Å². The average molecular weight is 899 g/mol. The minimum Gasteiger partial charge on any atom is -0.465 e. The molecule has 12 heteroatoms. The summed E-state index contributed by atoms with van der Waals surface area (Å²) < 4.78 is 62.2. The first-order chi connectivity index (χ1) is 30.8. The molecule has 8 rings (SSSR count). The highest BCUT2D eigenvalue weighted by Crippen LogP contribution is 2.39. The predicted molar refractivity (Wildman–Crippen MR) is 245 cm³/mol. The molecule has 2 heterocycles. The maximum absolute atomic E-state index is 13.1. The number of hydrogen-bond donors (Lipinski definition) is 0. The third kappa shape index (κ3) is 10.3. The zero-order valence-electron chi connectivity index (χ0n) is 36.7. The molecule has 0 saturated carbocycles. The Labute approximate surface area is 377 Å². The molecule has 2 atom stereocenters. The molecule has 10 nitrogen and oxygen atoms in total. The van der Waals surface area contributed by atoms with Gasteiger partial charge in [0.1, 0.15) is 0 Å². The number of aromatic nitrogens is 2. The van der Waals surface area contributed by atoms with Crippen molar-refractivity contribution in [1.82, 2.24) is 9.97 Å². The molecule has 2 aromatic heterocycles. The van der Waals surface area contributed by atoms with Crippen molar-refractivity contribution in [2.75, 3.05) is 14.2 Å². The van der Waals surface area contributed by atoms with Gasteiger partial charge in [0.15, 0.2) is 0 Å². The molecule has 0 fully saturated rings. The lowest BCUT2D eigenvalue weighted by molar-refractivity contribution is 0.0590. The Balaban J connectivity index is 0.000000191. The van der Waals surface area contributed by atoms with Crippen LogP contribution in [-0.2, 0) is 54.8 Å². The summed E-state index contributed by atoms with van der Waals surface area (Å²) in [5, 5.41) is 0. The summed E-state index contributed by atoms with van der Waals surface area (Å²) in [5.74, 6) is -0.0593. The van der Waals surface area contributed by atoms with Gasteiger partial charge < -0.3 is 9.47 Å². The number of carbonyl (C=O) groups excluding carboxylic acids is 2. The Hall–Kier alpha value is -5.98. The van der Waals surface area contributed by atoms with Gasteiger partial charge >= 0.3 is 11.9 Å². The second-order valence-electron chi connectivity index (χ2n) is 16.7. The van der Waals surface area contributed by atoms with Crippen LogP contribution in [0.15, 0.2) is 141 Å². The van der Waals surface area contributed by atoms with E-state index in [1.54, 1.807) is 73.3 Å². The topological polar surface area (TPSA) is 147 Å². The molecule has 332 valence electrons. The Kier molecular flexibility index (Phi) is 14.6. The van der Waals surface area contributed by atoms with Crippen molar-refractivity contribution >= 4 is 31.6 Å². The standard InChI is InChI=1S/2C26H27NO4S/c2*1-18-6-10-22(11-7-18)32(29,30)23-12-13-24-19(4-3-5-20(24)16-23)8-9-21-17-27-15-14-25(21)26(28)31-2/h2*6-7,10-17,19H,3-5,8-9H2,1-2H3/t2*19-/m10/s1. The number of ether oxygens (including phenoxy) is 2. The van der Waals surface area contributed by atoms with Crippen LogP contribution in [0.4, 0.5) is 0 Å². The molecule has 0 radical (unpaired) electrons. The van der Waals surface area contributed by atoms with Gasteiger partial charge in [-0.1, -0.05) is 47.5 Å². The Morgan fingerprint density at radius 2 is 0.922 bits per heavy atom. The number of aryl methyl sites for hydroxylation is 6. The number of hydrogen-bond acceptors (Lipinski definition) is 10. The van der Waals surface area contributed by atoms with Crippen molar-refractivity contribution in [3.8, 4) is 0 Å². The fourth-order valence-electron chi connectivity index (χ4n) is 8.95. The summed E-state index contributed by atoms with van der Waals surface area (Å²) in [5.41, 5.74) is 9.56. The number of fused-ring (bicyclic) bond motifs is 2. The van der Waals surface area contributed by atoms with Crippen LogP contribution in [0.2, 0.25) is 0 Å². The Morgan fingerprint density at radius 3 is 1.30 bits per heavy atom. The van der Waals surface area contributed by atoms with E-state index in [1.165, 1.54) is 25.3 Å². The van der Waals surface area contributed by atoms with Gasteiger partial charge in [-0.2, -0.15) is 0 Å². The number of carbonyl (C=O) groups is 2. The van der Waals surface area contributed by atoms with E-state index in [2.05, 4.69) is 9.97 Å². The van der Waals surface area contributed by atoms with Gasteiger partial charge in [0.2, 0.25) is 19.7 Å². The van der Waals surface area contributed by atoms with Crippen LogP contribution >= 0.6 is 0 Å². The lowest BCUT2D eigenvalue weighted by atomic mass is 9.80. The highest BCUT2D eigenvalue weighted by atomic mass is 32.2. The maximum Gasteiger partial charge on any atom is 0.338 e. The van der Waals surface area contributed by atoms with E-state index < -0.39 is 19.7 Å². The van der Waals surface area contributed by atoms with Crippen LogP contribution in [-0.4, -0.2) is 53.0 Å². The van der Waals surface area contributed by atoms with Crippen molar-refractivity contribution in [2.24, 2.45) is 0 Å². The first-order valence-corrected chi connectivity index (χ1v) is 24.7. The molecule has 0 N–H and O–H groups in total. The number of sulfone groups is 2. The maximum atomic E-state index is 13.1. The molecular formula is C52H54N2O8S2. The lowest BCUT2D eigenvalue weighted by Crippen LogP contribution is -2.13. The van der Waals surface area contributed by atoms with Crippen LogP contribution in [0, 0.1) is 13.8 Å². The molecular weight excluding hydrogens is 845 g/mol. The molecule has 0 amide bonds. The summed E-state index contributed by atoms with van der Waals surface area (Å²) in [4.78, 5) is 33.8. The number of nitrogens with zero attached hydrogens (tertiary/aromatic N) is 2. The van der Waals surface area contributed by atoms with Crippen LogP contribution in [0.25, 0.3) is 0 Å². The zero-order chi connectivity index (χ0) is 45.4. The number of rotatable bonds is 12. The van der Waals surface area contributed by atoms with E-state index in [0.717, 1.165) is 84.7 Å². The third-order valence-corrected chi connectivity index (χ3v) is 16.1. The normalized spacial score (nSPS) is 15.8. The quantitative estimate of drug-likeness (QED) is 0.109. The lowest BCUT2D eigenvalue weighted by Gasteiger charge is -2.26. The van der Waals surface area contributed by atoms with E-state index >= 15 is 0 Å². The number of benzene rings is 4. The first-order valence-electron chi connectivity index (χ1n) is 21.7. The molecule has 0 unspecified atom stereocenters. The number of methoxy groups -OCH3 is 2. The van der Waals surface area contributed by atoms with Crippen molar-refractivity contribution in [3.05, 3.63) is 177 Å². The minimum atomic E-state index is -3.54. The van der Waals surface area contributed by atoms with E-state index in [9.17, 15) is 26.4 Å². The summed E-state index contributed by atoms with van der Waals surface area (Å²) in [7, 11) is -4.32. The van der Waals surface area contributed by atoms with E-state index in [1.807, 2.05) is 62.4 Å². The van der Waals surface area contributed by atoms with Crippen LogP contribution < -0.4 is 0 Å². The van der Waals surface area contributed by atoms with Crippen molar-refractivity contribution in [2.45, 2.75) is 109 Å². The highest BCUT2D eigenvalue weighted by Gasteiger charge is 2.27. The molecule has 0 saturated heterocycles. The van der Waals surface area contributed by atoms with Gasteiger partial charge in [0.25, 0.3) is 0 Å². The van der Waals surface area contributed by atoms with Gasteiger partial charge in [-0.25, -0.2) is 26.4 Å². The molecule has 6 aromatic rings. The van der Waals surface area contributed by atoms with Crippen molar-refractivity contribution in [3.63, 3.8) is 0 Å². The molecule has 64 heavy (non-hydrogen) atoms.